The summed E-state index contributed by atoms with van der Waals surface area (Å²) >= 11 is 5.86. The number of nitrogens with zero attached hydrogens (tertiary/aromatic N) is 1. The van der Waals surface area contributed by atoms with Gasteiger partial charge in [-0.1, -0.05) is 48.0 Å². The van der Waals surface area contributed by atoms with Crippen molar-refractivity contribution < 1.29 is 5.11 Å². The molecule has 3 heteroatoms. The number of rotatable bonds is 4. The smallest absolute Gasteiger partial charge is 0.0626 e. The van der Waals surface area contributed by atoms with Crippen LogP contribution in [0.15, 0.2) is 53.5 Å². The molecule has 92 valence electrons. The van der Waals surface area contributed by atoms with Crippen molar-refractivity contribution in [2.45, 2.75) is 0 Å². The average Bonchev–Trinajstić information content (AvgIpc) is 2.41. The molecule has 0 fully saturated rings. The Kier molecular flexibility index (Phi) is 4.51. The van der Waals surface area contributed by atoms with Crippen LogP contribution in [0.4, 0.5) is 0 Å². The highest BCUT2D eigenvalue weighted by molar-refractivity contribution is 6.30. The van der Waals surface area contributed by atoms with Gasteiger partial charge in [0, 0.05) is 11.2 Å². The van der Waals surface area contributed by atoms with Gasteiger partial charge in [-0.3, -0.25) is 4.99 Å². The van der Waals surface area contributed by atoms with E-state index in [9.17, 15) is 0 Å². The van der Waals surface area contributed by atoms with Gasteiger partial charge < -0.3 is 5.11 Å². The maximum atomic E-state index is 8.63. The molecule has 2 rings (SSSR count). The van der Waals surface area contributed by atoms with E-state index in [0.29, 0.717) is 6.54 Å². The predicted molar refractivity (Wildman–Crippen MR) is 76.4 cm³/mol. The summed E-state index contributed by atoms with van der Waals surface area (Å²) in [6, 6.07) is 15.9. The average molecular weight is 260 g/mol. The topological polar surface area (TPSA) is 32.6 Å². The fourth-order valence-electron chi connectivity index (χ4n) is 1.63. The molecule has 0 aromatic heterocycles. The number of benzene rings is 2. The highest BCUT2D eigenvalue weighted by atomic mass is 35.5. The minimum atomic E-state index is 0.0827. The van der Waals surface area contributed by atoms with Gasteiger partial charge in [-0.25, -0.2) is 0 Å². The van der Waals surface area contributed by atoms with E-state index in [1.807, 2.05) is 48.5 Å². The lowest BCUT2D eigenvalue weighted by Gasteiger charge is -2.02. The molecule has 0 aliphatic heterocycles. The first-order chi connectivity index (χ1) is 8.79. The molecule has 0 atom stereocenters. The molecule has 0 saturated heterocycles. The fraction of sp³-hybridized carbons (Fsp3) is 0.133. The van der Waals surface area contributed by atoms with Crippen LogP contribution in [0.5, 0.6) is 0 Å². The third-order valence-electron chi connectivity index (χ3n) is 2.56. The Bertz CT molecular complexity index is 517. The summed E-state index contributed by atoms with van der Waals surface area (Å²) in [5, 5.41) is 9.38. The van der Waals surface area contributed by atoms with Crippen molar-refractivity contribution in [3.8, 4) is 11.1 Å². The van der Waals surface area contributed by atoms with Gasteiger partial charge in [0.1, 0.15) is 0 Å². The molecule has 0 aliphatic rings. The van der Waals surface area contributed by atoms with Gasteiger partial charge in [0.2, 0.25) is 0 Å². The van der Waals surface area contributed by atoms with E-state index < -0.39 is 0 Å². The molecule has 2 aromatic carbocycles. The molecule has 0 unspecified atom stereocenters. The van der Waals surface area contributed by atoms with Crippen molar-refractivity contribution in [3.05, 3.63) is 59.1 Å². The normalized spacial score (nSPS) is 11.0. The van der Waals surface area contributed by atoms with Crippen LogP contribution in [-0.4, -0.2) is 24.5 Å². The molecule has 0 aliphatic carbocycles. The van der Waals surface area contributed by atoms with Crippen LogP contribution in [0.1, 0.15) is 5.56 Å². The molecule has 0 heterocycles. The monoisotopic (exact) mass is 259 g/mol. The first kappa shape index (κ1) is 12.8. The van der Waals surface area contributed by atoms with Gasteiger partial charge in [0.25, 0.3) is 0 Å². The molecule has 2 aromatic rings. The van der Waals surface area contributed by atoms with Crippen molar-refractivity contribution in [2.75, 3.05) is 13.2 Å². The first-order valence-electron chi connectivity index (χ1n) is 5.76. The number of aliphatic imine (C=N–C) groups is 1. The van der Waals surface area contributed by atoms with Crippen LogP contribution in [0, 0.1) is 0 Å². The first-order valence-corrected chi connectivity index (χ1v) is 6.14. The summed E-state index contributed by atoms with van der Waals surface area (Å²) < 4.78 is 0. The maximum Gasteiger partial charge on any atom is 0.0626 e. The second-order valence-electron chi connectivity index (χ2n) is 3.89. The Morgan fingerprint density at radius 1 is 0.944 bits per heavy atom. The Labute approximate surface area is 112 Å². The zero-order valence-electron chi connectivity index (χ0n) is 9.88. The van der Waals surface area contributed by atoms with Gasteiger partial charge >= 0.3 is 0 Å². The van der Waals surface area contributed by atoms with Crippen LogP contribution < -0.4 is 0 Å². The number of hydrogen-bond acceptors (Lipinski definition) is 2. The van der Waals surface area contributed by atoms with Crippen molar-refractivity contribution in [2.24, 2.45) is 4.99 Å². The quantitative estimate of drug-likeness (QED) is 0.839. The van der Waals surface area contributed by atoms with Crippen LogP contribution in [-0.2, 0) is 0 Å². The molecule has 2 nitrogen and oxygen atoms in total. The summed E-state index contributed by atoms with van der Waals surface area (Å²) in [5.41, 5.74) is 3.31. The minimum absolute atomic E-state index is 0.0827. The van der Waals surface area contributed by atoms with Crippen LogP contribution >= 0.6 is 11.6 Å². The molecule has 0 spiro atoms. The number of aliphatic hydroxyl groups excluding tert-OH is 1. The zero-order valence-corrected chi connectivity index (χ0v) is 10.6. The van der Waals surface area contributed by atoms with E-state index in [4.69, 9.17) is 16.7 Å². The van der Waals surface area contributed by atoms with Crippen molar-refractivity contribution in [1.29, 1.82) is 0 Å². The number of hydrogen-bond donors (Lipinski definition) is 1. The molecule has 0 bridgehead atoms. The summed E-state index contributed by atoms with van der Waals surface area (Å²) in [6.07, 6.45) is 1.77. The van der Waals surface area contributed by atoms with Crippen LogP contribution in [0.3, 0.4) is 0 Å². The lowest BCUT2D eigenvalue weighted by Crippen LogP contribution is -1.89. The Balaban J connectivity index is 2.14. The number of aliphatic hydroxyl groups is 1. The van der Waals surface area contributed by atoms with Gasteiger partial charge in [-0.15, -0.1) is 0 Å². The van der Waals surface area contributed by atoms with Crippen LogP contribution in [0.2, 0.25) is 5.02 Å². The number of halogens is 1. The standard InChI is InChI=1S/C15H14ClNO/c16-15-7-5-14(6-8-15)13-3-1-12(2-4-13)11-17-9-10-18/h1-8,11,18H,9-10H2. The Morgan fingerprint density at radius 2 is 1.50 bits per heavy atom. The lowest BCUT2D eigenvalue weighted by atomic mass is 10.0. The molecule has 0 radical (unpaired) electrons. The van der Waals surface area contributed by atoms with E-state index in [-0.39, 0.29) is 6.61 Å². The molecular weight excluding hydrogens is 246 g/mol. The lowest BCUT2D eigenvalue weighted by molar-refractivity contribution is 0.307. The van der Waals surface area contributed by atoms with E-state index >= 15 is 0 Å². The Hall–Kier alpha value is -1.64. The summed E-state index contributed by atoms with van der Waals surface area (Å²) in [6.45, 7) is 0.526. The second kappa shape index (κ2) is 6.34. The molecule has 0 saturated carbocycles. The van der Waals surface area contributed by atoms with Crippen LogP contribution in [0.25, 0.3) is 11.1 Å². The summed E-state index contributed by atoms with van der Waals surface area (Å²) in [7, 11) is 0. The fourth-order valence-corrected chi connectivity index (χ4v) is 1.76. The predicted octanol–water partition coefficient (Wildman–Crippen LogP) is 3.42. The molecular formula is C15H14ClNO. The highest BCUT2D eigenvalue weighted by Gasteiger charge is 1.97. The summed E-state index contributed by atoms with van der Waals surface area (Å²) in [4.78, 5) is 4.08. The zero-order chi connectivity index (χ0) is 12.8. The third-order valence-corrected chi connectivity index (χ3v) is 2.81. The molecule has 0 amide bonds. The summed E-state index contributed by atoms with van der Waals surface area (Å²) in [5.74, 6) is 0. The van der Waals surface area contributed by atoms with Gasteiger partial charge in [-0.05, 0) is 28.8 Å². The van der Waals surface area contributed by atoms with Crippen molar-refractivity contribution >= 4 is 17.8 Å². The van der Waals surface area contributed by atoms with E-state index in [1.54, 1.807) is 6.21 Å². The van der Waals surface area contributed by atoms with E-state index in [2.05, 4.69) is 4.99 Å². The van der Waals surface area contributed by atoms with E-state index in [1.165, 1.54) is 0 Å². The minimum Gasteiger partial charge on any atom is -0.394 e. The third kappa shape index (κ3) is 3.42. The Morgan fingerprint density at radius 3 is 2.06 bits per heavy atom. The van der Waals surface area contributed by atoms with Gasteiger partial charge in [-0.2, -0.15) is 0 Å². The maximum absolute atomic E-state index is 8.63. The second-order valence-corrected chi connectivity index (χ2v) is 4.32. The SMILES string of the molecule is OCCN=Cc1ccc(-c2ccc(Cl)cc2)cc1. The highest BCUT2D eigenvalue weighted by Crippen LogP contribution is 2.21. The van der Waals surface area contributed by atoms with Crippen molar-refractivity contribution in [1.82, 2.24) is 0 Å². The molecule has 1 N–H and O–H groups in total. The van der Waals surface area contributed by atoms with E-state index in [0.717, 1.165) is 21.7 Å². The molecule has 18 heavy (non-hydrogen) atoms. The van der Waals surface area contributed by atoms with Gasteiger partial charge in [0.15, 0.2) is 0 Å². The van der Waals surface area contributed by atoms with Crippen molar-refractivity contribution in [3.63, 3.8) is 0 Å². The van der Waals surface area contributed by atoms with Gasteiger partial charge in [0.05, 0.1) is 13.2 Å². The largest absolute Gasteiger partial charge is 0.394 e.